The number of carbonyl (C=O) groups is 2. The standard InChI is InChI=1S/C18H31N3O5Si/c1-12-14-13(8-9-20(12)17(24)26-18(2,3)4)21(19-15(14)16(22)23)25-10-11-27(5,6)7/h12H,8-11H2,1-7H3,(H,22,23). The van der Waals surface area contributed by atoms with Crippen LogP contribution in [0.3, 0.4) is 0 Å². The highest BCUT2D eigenvalue weighted by molar-refractivity contribution is 6.76. The number of carbonyl (C=O) groups excluding carboxylic acids is 1. The molecule has 0 radical (unpaired) electrons. The van der Waals surface area contributed by atoms with Gasteiger partial charge in [0.2, 0.25) is 0 Å². The summed E-state index contributed by atoms with van der Waals surface area (Å²) in [4.78, 5) is 32.9. The van der Waals surface area contributed by atoms with Crippen LogP contribution >= 0.6 is 0 Å². The van der Waals surface area contributed by atoms with Crippen LogP contribution in [0.1, 0.15) is 55.5 Å². The molecule has 0 fully saturated rings. The van der Waals surface area contributed by atoms with Crippen molar-refractivity contribution in [1.82, 2.24) is 14.8 Å². The van der Waals surface area contributed by atoms with Crippen molar-refractivity contribution in [3.05, 3.63) is 17.0 Å². The van der Waals surface area contributed by atoms with Crippen LogP contribution < -0.4 is 4.84 Å². The van der Waals surface area contributed by atoms with Gasteiger partial charge in [0.05, 0.1) is 11.7 Å². The van der Waals surface area contributed by atoms with Crippen LogP contribution in [0.2, 0.25) is 25.7 Å². The van der Waals surface area contributed by atoms with E-state index in [4.69, 9.17) is 9.57 Å². The Morgan fingerprint density at radius 1 is 1.30 bits per heavy atom. The molecule has 1 aliphatic heterocycles. The summed E-state index contributed by atoms with van der Waals surface area (Å²) >= 11 is 0. The molecule has 2 heterocycles. The number of rotatable bonds is 5. The van der Waals surface area contributed by atoms with E-state index in [1.165, 1.54) is 4.85 Å². The molecular formula is C18H31N3O5Si. The second kappa shape index (κ2) is 7.53. The Hall–Kier alpha value is -2.03. The van der Waals surface area contributed by atoms with Gasteiger partial charge in [-0.25, -0.2) is 9.59 Å². The van der Waals surface area contributed by atoms with Gasteiger partial charge in [-0.2, -0.15) is 0 Å². The lowest BCUT2D eigenvalue weighted by Gasteiger charge is -2.35. The highest BCUT2D eigenvalue weighted by Gasteiger charge is 2.37. The zero-order valence-electron chi connectivity index (χ0n) is 17.3. The van der Waals surface area contributed by atoms with E-state index in [2.05, 4.69) is 24.7 Å². The molecule has 1 unspecified atom stereocenters. The summed E-state index contributed by atoms with van der Waals surface area (Å²) < 4.78 is 5.46. The second-order valence-corrected chi connectivity index (χ2v) is 14.8. The quantitative estimate of drug-likeness (QED) is 0.767. The summed E-state index contributed by atoms with van der Waals surface area (Å²) in [5.74, 6) is -1.13. The largest absolute Gasteiger partial charge is 0.476 e. The number of fused-ring (bicyclic) bond motifs is 1. The Bertz CT molecular complexity index is 718. The van der Waals surface area contributed by atoms with Gasteiger partial charge in [-0.1, -0.05) is 19.6 Å². The number of aromatic carboxylic acids is 1. The first-order valence-corrected chi connectivity index (χ1v) is 13.0. The lowest BCUT2D eigenvalue weighted by molar-refractivity contribution is 0.0142. The van der Waals surface area contributed by atoms with Crippen molar-refractivity contribution >= 4 is 20.1 Å². The van der Waals surface area contributed by atoms with Crippen LogP contribution in [0, 0.1) is 0 Å². The third-order valence-corrected chi connectivity index (χ3v) is 6.06. The molecule has 27 heavy (non-hydrogen) atoms. The van der Waals surface area contributed by atoms with Crippen LogP contribution in [-0.2, 0) is 11.2 Å². The fourth-order valence-electron chi connectivity index (χ4n) is 2.96. The topological polar surface area (TPSA) is 93.9 Å². The molecule has 9 heteroatoms. The smallest absolute Gasteiger partial charge is 0.410 e. The normalized spacial score (nSPS) is 17.4. The van der Waals surface area contributed by atoms with E-state index in [0.717, 1.165) is 11.7 Å². The molecule has 8 nitrogen and oxygen atoms in total. The Morgan fingerprint density at radius 2 is 1.93 bits per heavy atom. The molecule has 1 aliphatic rings. The molecule has 0 saturated heterocycles. The first kappa shape index (κ1) is 21.3. The summed E-state index contributed by atoms with van der Waals surface area (Å²) in [6.07, 6.45) is 0.0102. The molecule has 0 aliphatic carbocycles. The maximum Gasteiger partial charge on any atom is 0.410 e. The molecule has 0 spiro atoms. The number of carboxylic acids is 1. The fourth-order valence-corrected chi connectivity index (χ4v) is 3.67. The lowest BCUT2D eigenvalue weighted by Crippen LogP contribution is -2.42. The van der Waals surface area contributed by atoms with Gasteiger partial charge in [0.15, 0.2) is 5.69 Å². The van der Waals surface area contributed by atoms with Crippen molar-refractivity contribution in [2.24, 2.45) is 0 Å². The summed E-state index contributed by atoms with van der Waals surface area (Å²) in [6.45, 7) is 14.9. The molecule has 1 N–H and O–H groups in total. The molecule has 0 bridgehead atoms. The second-order valence-electron chi connectivity index (χ2n) is 9.13. The Labute approximate surface area is 161 Å². The zero-order chi connectivity index (χ0) is 20.6. The van der Waals surface area contributed by atoms with Crippen LogP contribution in [-0.4, -0.2) is 58.8 Å². The van der Waals surface area contributed by atoms with Gasteiger partial charge in [0.25, 0.3) is 0 Å². The molecule has 152 valence electrons. The molecule has 1 aromatic rings. The van der Waals surface area contributed by atoms with E-state index in [9.17, 15) is 14.7 Å². The van der Waals surface area contributed by atoms with Crippen molar-refractivity contribution in [2.45, 2.75) is 71.4 Å². The minimum absolute atomic E-state index is 0.0706. The molecular weight excluding hydrogens is 366 g/mol. The van der Waals surface area contributed by atoms with Gasteiger partial charge in [-0.05, 0) is 33.7 Å². The van der Waals surface area contributed by atoms with Gasteiger partial charge >= 0.3 is 12.1 Å². The third kappa shape index (κ3) is 5.24. The summed E-state index contributed by atoms with van der Waals surface area (Å²) in [7, 11) is -1.28. The molecule has 0 saturated carbocycles. The number of hydrogen-bond donors (Lipinski definition) is 1. The Balaban J connectivity index is 2.27. The highest BCUT2D eigenvalue weighted by atomic mass is 28.3. The minimum Gasteiger partial charge on any atom is -0.476 e. The van der Waals surface area contributed by atoms with Crippen molar-refractivity contribution < 1.29 is 24.3 Å². The Morgan fingerprint density at radius 3 is 2.44 bits per heavy atom. The summed E-state index contributed by atoms with van der Waals surface area (Å²) in [5, 5.41) is 13.7. The number of aromatic nitrogens is 2. The number of ether oxygens (including phenoxy) is 1. The number of hydrogen-bond acceptors (Lipinski definition) is 5. The van der Waals surface area contributed by atoms with E-state index in [1.54, 1.807) is 32.6 Å². The average molecular weight is 398 g/mol. The van der Waals surface area contributed by atoms with Crippen molar-refractivity contribution in [1.29, 1.82) is 0 Å². The molecule has 2 rings (SSSR count). The lowest BCUT2D eigenvalue weighted by atomic mass is 9.98. The molecule has 0 aromatic carbocycles. The van der Waals surface area contributed by atoms with E-state index in [0.29, 0.717) is 25.1 Å². The van der Waals surface area contributed by atoms with E-state index in [-0.39, 0.29) is 5.69 Å². The predicted octanol–water partition coefficient (Wildman–Crippen LogP) is 3.20. The maximum atomic E-state index is 12.5. The predicted molar refractivity (Wildman–Crippen MR) is 104 cm³/mol. The summed E-state index contributed by atoms with van der Waals surface area (Å²) in [5.41, 5.74) is 0.554. The van der Waals surface area contributed by atoms with Crippen LogP contribution in [0.15, 0.2) is 0 Å². The first-order chi connectivity index (χ1) is 12.3. The van der Waals surface area contributed by atoms with E-state index < -0.39 is 31.8 Å². The SMILES string of the molecule is CC1c2c(C(=O)O)nn(OCC[Si](C)(C)C)c2CCN1C(=O)OC(C)(C)C. The zero-order valence-corrected chi connectivity index (χ0v) is 18.3. The van der Waals surface area contributed by atoms with E-state index >= 15 is 0 Å². The Kier molecular flexibility index (Phi) is 5.93. The number of amides is 1. The number of carboxylic acid groups (broad SMARTS) is 1. The van der Waals surface area contributed by atoms with Crippen LogP contribution in [0.4, 0.5) is 4.79 Å². The minimum atomic E-state index is -1.28. The summed E-state index contributed by atoms with van der Waals surface area (Å²) in [6, 6.07) is 0.493. The molecule has 1 aromatic heterocycles. The van der Waals surface area contributed by atoms with Gasteiger partial charge in [-0.15, -0.1) is 9.94 Å². The molecule has 1 amide bonds. The van der Waals surface area contributed by atoms with Crippen molar-refractivity contribution in [3.63, 3.8) is 0 Å². The van der Waals surface area contributed by atoms with Crippen LogP contribution in [0.25, 0.3) is 0 Å². The van der Waals surface area contributed by atoms with Gasteiger partial charge < -0.3 is 19.6 Å². The first-order valence-electron chi connectivity index (χ1n) is 9.28. The maximum absolute atomic E-state index is 12.5. The van der Waals surface area contributed by atoms with Crippen molar-refractivity contribution in [3.8, 4) is 0 Å². The molecule has 1 atom stereocenters. The van der Waals surface area contributed by atoms with Gasteiger partial charge in [0.1, 0.15) is 12.2 Å². The van der Waals surface area contributed by atoms with Crippen molar-refractivity contribution in [2.75, 3.05) is 13.2 Å². The third-order valence-electron chi connectivity index (χ3n) is 4.36. The fraction of sp³-hybridized carbons (Fsp3) is 0.722. The van der Waals surface area contributed by atoms with Gasteiger partial charge in [-0.3, -0.25) is 0 Å². The van der Waals surface area contributed by atoms with Gasteiger partial charge in [0, 0.05) is 26.6 Å². The average Bonchev–Trinajstić information content (AvgIpc) is 2.84. The van der Waals surface area contributed by atoms with Crippen LogP contribution in [0.5, 0.6) is 0 Å². The number of nitrogens with zero attached hydrogens (tertiary/aromatic N) is 3. The van der Waals surface area contributed by atoms with E-state index in [1.807, 2.05) is 0 Å². The highest BCUT2D eigenvalue weighted by Crippen LogP contribution is 2.33. The monoisotopic (exact) mass is 397 g/mol.